The first-order valence-electron chi connectivity index (χ1n) is 7.42. The molecule has 118 valence electrons. The van der Waals surface area contributed by atoms with Crippen molar-refractivity contribution in [3.63, 3.8) is 0 Å². The number of carbonyl (C=O) groups is 1. The van der Waals surface area contributed by atoms with E-state index in [-0.39, 0.29) is 5.91 Å². The Morgan fingerprint density at radius 2 is 2.10 bits per heavy atom. The average Bonchev–Trinajstić information content (AvgIpc) is 2.73. The number of hydrogen-bond donors (Lipinski definition) is 1. The van der Waals surface area contributed by atoms with Gasteiger partial charge in [-0.15, -0.1) is 11.3 Å². The van der Waals surface area contributed by atoms with Gasteiger partial charge >= 0.3 is 0 Å². The van der Waals surface area contributed by atoms with Crippen LogP contribution >= 0.6 is 11.3 Å². The molecule has 0 radical (unpaired) electrons. The number of nitrogens with two attached hydrogens (primary N) is 1. The Labute approximate surface area is 130 Å². The summed E-state index contributed by atoms with van der Waals surface area (Å²) in [5.74, 6) is 1.33. The summed E-state index contributed by atoms with van der Waals surface area (Å²) in [7, 11) is 5.09. The van der Waals surface area contributed by atoms with Crippen LogP contribution in [-0.4, -0.2) is 45.1 Å². The quantitative estimate of drug-likeness (QED) is 0.877. The fourth-order valence-corrected chi connectivity index (χ4v) is 3.81. The topological polar surface area (TPSA) is 58.8 Å². The molecule has 0 atom stereocenters. The van der Waals surface area contributed by atoms with Crippen molar-refractivity contribution in [1.29, 1.82) is 0 Å². The molecular formula is C15H25N3O2S. The molecule has 1 amide bonds. The molecule has 1 saturated carbocycles. The van der Waals surface area contributed by atoms with Gasteiger partial charge in [-0.3, -0.25) is 4.79 Å². The van der Waals surface area contributed by atoms with Crippen molar-refractivity contribution in [1.82, 2.24) is 4.90 Å². The molecule has 2 rings (SSSR count). The molecule has 5 nitrogen and oxygen atoms in total. The fourth-order valence-electron chi connectivity index (χ4n) is 2.53. The summed E-state index contributed by atoms with van der Waals surface area (Å²) in [4.78, 5) is 16.6. The number of thiophene rings is 1. The van der Waals surface area contributed by atoms with E-state index in [0.717, 1.165) is 24.0 Å². The van der Waals surface area contributed by atoms with E-state index in [1.54, 1.807) is 26.1 Å². The van der Waals surface area contributed by atoms with Crippen LogP contribution in [0.2, 0.25) is 0 Å². The van der Waals surface area contributed by atoms with Gasteiger partial charge in [0.05, 0.1) is 7.11 Å². The predicted octanol–water partition coefficient (Wildman–Crippen LogP) is 2.67. The van der Waals surface area contributed by atoms with Crippen molar-refractivity contribution in [2.45, 2.75) is 26.2 Å². The predicted molar refractivity (Wildman–Crippen MR) is 88.5 cm³/mol. The molecule has 0 bridgehead atoms. The molecule has 6 heteroatoms. The minimum Gasteiger partial charge on any atom is -0.492 e. The number of amides is 1. The van der Waals surface area contributed by atoms with Crippen LogP contribution in [0.15, 0.2) is 0 Å². The van der Waals surface area contributed by atoms with Crippen molar-refractivity contribution in [3.05, 3.63) is 4.88 Å². The van der Waals surface area contributed by atoms with Crippen molar-refractivity contribution < 1.29 is 9.53 Å². The van der Waals surface area contributed by atoms with Gasteiger partial charge in [-0.2, -0.15) is 0 Å². The first-order valence-corrected chi connectivity index (χ1v) is 8.24. The SMILES string of the molecule is CCN(CC1CCC1)c1sc(C(=O)N(C)C)c(N)c1OC. The van der Waals surface area contributed by atoms with Crippen LogP contribution in [-0.2, 0) is 0 Å². The maximum atomic E-state index is 12.2. The van der Waals surface area contributed by atoms with Crippen LogP contribution in [0.4, 0.5) is 10.7 Å². The first kappa shape index (κ1) is 15.9. The van der Waals surface area contributed by atoms with Crippen LogP contribution in [0.1, 0.15) is 35.9 Å². The molecule has 1 aliphatic carbocycles. The van der Waals surface area contributed by atoms with Gasteiger partial charge in [-0.25, -0.2) is 0 Å². The number of hydrogen-bond acceptors (Lipinski definition) is 5. The second kappa shape index (κ2) is 6.56. The molecule has 1 heterocycles. The van der Waals surface area contributed by atoms with Crippen LogP contribution in [0, 0.1) is 5.92 Å². The summed E-state index contributed by atoms with van der Waals surface area (Å²) < 4.78 is 5.48. The molecular weight excluding hydrogens is 286 g/mol. The second-order valence-corrected chi connectivity index (χ2v) is 6.72. The third-order valence-electron chi connectivity index (χ3n) is 4.06. The number of anilines is 2. The van der Waals surface area contributed by atoms with E-state index in [1.165, 1.54) is 30.6 Å². The van der Waals surface area contributed by atoms with Gasteiger partial charge in [0, 0.05) is 27.2 Å². The number of methoxy groups -OCH3 is 1. The molecule has 1 aromatic heterocycles. The van der Waals surface area contributed by atoms with E-state index in [2.05, 4.69) is 11.8 Å². The first-order chi connectivity index (χ1) is 9.99. The van der Waals surface area contributed by atoms with Crippen molar-refractivity contribution in [2.75, 3.05) is 44.9 Å². The van der Waals surface area contributed by atoms with Gasteiger partial charge in [-0.05, 0) is 25.7 Å². The molecule has 1 aromatic rings. The van der Waals surface area contributed by atoms with E-state index in [4.69, 9.17) is 10.5 Å². The largest absolute Gasteiger partial charge is 0.492 e. The summed E-state index contributed by atoms with van der Waals surface area (Å²) in [6, 6.07) is 0. The highest BCUT2D eigenvalue weighted by Gasteiger charge is 2.28. The van der Waals surface area contributed by atoms with Gasteiger partial charge in [-0.1, -0.05) is 6.42 Å². The molecule has 0 aliphatic heterocycles. The molecule has 21 heavy (non-hydrogen) atoms. The molecule has 2 N–H and O–H groups in total. The monoisotopic (exact) mass is 311 g/mol. The Bertz CT molecular complexity index is 509. The number of ether oxygens (including phenoxy) is 1. The number of nitrogens with zero attached hydrogens (tertiary/aromatic N) is 2. The maximum absolute atomic E-state index is 12.2. The molecule has 1 aliphatic rings. The van der Waals surface area contributed by atoms with Crippen LogP contribution < -0.4 is 15.4 Å². The van der Waals surface area contributed by atoms with E-state index in [0.29, 0.717) is 16.3 Å². The molecule has 0 aromatic carbocycles. The Morgan fingerprint density at radius 1 is 1.43 bits per heavy atom. The van der Waals surface area contributed by atoms with Gasteiger partial charge in [0.25, 0.3) is 5.91 Å². The van der Waals surface area contributed by atoms with Crippen molar-refractivity contribution >= 4 is 27.9 Å². The highest BCUT2D eigenvalue weighted by Crippen LogP contribution is 2.45. The lowest BCUT2D eigenvalue weighted by Crippen LogP contribution is -2.32. The third kappa shape index (κ3) is 3.10. The second-order valence-electron chi connectivity index (χ2n) is 5.72. The minimum atomic E-state index is -0.0678. The third-order valence-corrected chi connectivity index (χ3v) is 5.29. The lowest BCUT2D eigenvalue weighted by molar-refractivity contribution is 0.0833. The van der Waals surface area contributed by atoms with Gasteiger partial charge in [0.15, 0.2) is 5.75 Å². The highest BCUT2D eigenvalue weighted by molar-refractivity contribution is 7.19. The lowest BCUT2D eigenvalue weighted by atomic mass is 9.85. The minimum absolute atomic E-state index is 0.0678. The molecule has 0 unspecified atom stereocenters. The standard InChI is InChI=1S/C15H25N3O2S/c1-5-18(9-10-7-6-8-10)15-12(20-4)11(16)13(21-15)14(19)17(2)3/h10H,5-9,16H2,1-4H3. The normalized spacial score (nSPS) is 14.7. The van der Waals surface area contributed by atoms with E-state index in [1.807, 2.05) is 0 Å². The van der Waals surface area contributed by atoms with E-state index >= 15 is 0 Å². The van der Waals surface area contributed by atoms with Gasteiger partial charge in [0.1, 0.15) is 15.6 Å². The Kier molecular flexibility index (Phi) is 4.98. The Balaban J connectivity index is 2.32. The summed E-state index contributed by atoms with van der Waals surface area (Å²) in [6.07, 6.45) is 3.92. The number of rotatable bonds is 6. The highest BCUT2D eigenvalue weighted by atomic mass is 32.1. The molecule has 1 fully saturated rings. The fraction of sp³-hybridized carbons (Fsp3) is 0.667. The summed E-state index contributed by atoms with van der Waals surface area (Å²) in [6.45, 7) is 4.03. The van der Waals surface area contributed by atoms with Crippen LogP contribution in [0.25, 0.3) is 0 Å². The van der Waals surface area contributed by atoms with E-state index in [9.17, 15) is 4.79 Å². The summed E-state index contributed by atoms with van der Waals surface area (Å²) in [5.41, 5.74) is 6.60. The molecule has 0 spiro atoms. The summed E-state index contributed by atoms with van der Waals surface area (Å²) in [5, 5.41) is 0.981. The zero-order valence-electron chi connectivity index (χ0n) is 13.3. The van der Waals surface area contributed by atoms with Crippen LogP contribution in [0.3, 0.4) is 0 Å². The van der Waals surface area contributed by atoms with Gasteiger partial charge in [0.2, 0.25) is 0 Å². The molecule has 0 saturated heterocycles. The smallest absolute Gasteiger partial charge is 0.265 e. The average molecular weight is 311 g/mol. The Hall–Kier alpha value is -1.43. The Morgan fingerprint density at radius 3 is 2.52 bits per heavy atom. The van der Waals surface area contributed by atoms with Crippen molar-refractivity contribution in [3.8, 4) is 5.75 Å². The number of nitrogen functional groups attached to an aromatic ring is 1. The summed E-state index contributed by atoms with van der Waals surface area (Å²) >= 11 is 1.44. The number of carbonyl (C=O) groups excluding carboxylic acids is 1. The zero-order valence-corrected chi connectivity index (χ0v) is 14.1. The van der Waals surface area contributed by atoms with Crippen LogP contribution in [0.5, 0.6) is 5.75 Å². The zero-order chi connectivity index (χ0) is 15.6. The lowest BCUT2D eigenvalue weighted by Gasteiger charge is -2.32. The van der Waals surface area contributed by atoms with E-state index < -0.39 is 0 Å². The van der Waals surface area contributed by atoms with Gasteiger partial charge < -0.3 is 20.3 Å². The van der Waals surface area contributed by atoms with Crippen molar-refractivity contribution in [2.24, 2.45) is 5.92 Å². The maximum Gasteiger partial charge on any atom is 0.265 e.